The molecule has 30 heavy (non-hydrogen) atoms. The maximum atomic E-state index is 12.2. The lowest BCUT2D eigenvalue weighted by molar-refractivity contribution is -0.116. The van der Waals surface area contributed by atoms with Crippen molar-refractivity contribution in [3.05, 3.63) is 65.7 Å². The molecule has 0 radical (unpaired) electrons. The first-order valence-corrected chi connectivity index (χ1v) is 10.5. The number of benzene rings is 2. The highest BCUT2D eigenvalue weighted by Crippen LogP contribution is 2.12. The summed E-state index contributed by atoms with van der Waals surface area (Å²) < 4.78 is 5.33. The van der Waals surface area contributed by atoms with E-state index in [2.05, 4.69) is 32.7 Å². The molecule has 160 valence electrons. The normalized spacial score (nSPS) is 15.0. The van der Waals surface area contributed by atoms with Gasteiger partial charge < -0.3 is 21.1 Å². The molecule has 7 nitrogen and oxygen atoms in total. The monoisotopic (exact) mass is 409 g/mol. The van der Waals surface area contributed by atoms with E-state index in [1.807, 2.05) is 42.5 Å². The van der Waals surface area contributed by atoms with Crippen LogP contribution in [0.5, 0.6) is 0 Å². The summed E-state index contributed by atoms with van der Waals surface area (Å²) in [5, 5.41) is 6.11. The molecule has 0 aromatic heterocycles. The van der Waals surface area contributed by atoms with Crippen LogP contribution in [-0.2, 0) is 22.5 Å². The molecule has 1 aliphatic heterocycles. The number of rotatable bonds is 9. The second kappa shape index (κ2) is 11.9. The molecule has 1 heterocycles. The molecule has 4 N–H and O–H groups in total. The Morgan fingerprint density at radius 2 is 1.83 bits per heavy atom. The topological polar surface area (TPSA) is 92.0 Å². The number of ether oxygens (including phenoxy) is 1. The predicted octanol–water partition coefficient (Wildman–Crippen LogP) is 1.99. The zero-order chi connectivity index (χ0) is 21.0. The number of aliphatic imine (C=N–C) groups is 1. The van der Waals surface area contributed by atoms with Crippen LogP contribution in [-0.4, -0.2) is 56.2 Å². The number of morpholine rings is 1. The summed E-state index contributed by atoms with van der Waals surface area (Å²) in [5.74, 6) is 0.440. The van der Waals surface area contributed by atoms with Crippen molar-refractivity contribution < 1.29 is 9.53 Å². The lowest BCUT2D eigenvalue weighted by Crippen LogP contribution is -2.38. The summed E-state index contributed by atoms with van der Waals surface area (Å²) >= 11 is 0. The highest BCUT2D eigenvalue weighted by atomic mass is 16.5. The maximum absolute atomic E-state index is 12.2. The highest BCUT2D eigenvalue weighted by Gasteiger charge is 2.12. The van der Waals surface area contributed by atoms with E-state index in [1.165, 1.54) is 5.56 Å². The van der Waals surface area contributed by atoms with Gasteiger partial charge in [-0.25, -0.2) is 4.99 Å². The van der Waals surface area contributed by atoms with Crippen LogP contribution in [0.2, 0.25) is 0 Å². The molecular weight excluding hydrogens is 378 g/mol. The molecule has 1 fully saturated rings. The van der Waals surface area contributed by atoms with E-state index >= 15 is 0 Å². The van der Waals surface area contributed by atoms with Gasteiger partial charge >= 0.3 is 0 Å². The minimum atomic E-state index is 0.0178. The fourth-order valence-electron chi connectivity index (χ4n) is 3.27. The number of nitrogens with zero attached hydrogens (tertiary/aromatic N) is 2. The van der Waals surface area contributed by atoms with Gasteiger partial charge in [0.1, 0.15) is 0 Å². The lowest BCUT2D eigenvalue weighted by atomic mass is 10.1. The summed E-state index contributed by atoms with van der Waals surface area (Å²) in [6, 6.07) is 18.0. The van der Waals surface area contributed by atoms with Crippen LogP contribution in [0.1, 0.15) is 17.5 Å². The first-order valence-electron chi connectivity index (χ1n) is 10.5. The van der Waals surface area contributed by atoms with Crippen LogP contribution in [0.4, 0.5) is 5.69 Å². The van der Waals surface area contributed by atoms with E-state index in [0.29, 0.717) is 18.9 Å². The summed E-state index contributed by atoms with van der Waals surface area (Å²) in [5.41, 5.74) is 9.01. The summed E-state index contributed by atoms with van der Waals surface area (Å²) in [7, 11) is 0. The predicted molar refractivity (Wildman–Crippen MR) is 120 cm³/mol. The molecule has 3 rings (SSSR count). The molecule has 7 heteroatoms. The Morgan fingerprint density at radius 3 is 2.63 bits per heavy atom. The number of hydrogen-bond acceptors (Lipinski definition) is 4. The third kappa shape index (κ3) is 7.85. The Labute approximate surface area is 178 Å². The van der Waals surface area contributed by atoms with E-state index < -0.39 is 0 Å². The number of amides is 1. The van der Waals surface area contributed by atoms with Crippen LogP contribution in [0.3, 0.4) is 0 Å². The Bertz CT molecular complexity index is 819. The maximum Gasteiger partial charge on any atom is 0.225 e. The molecular formula is C23H31N5O2. The zero-order valence-electron chi connectivity index (χ0n) is 17.3. The molecule has 0 spiro atoms. The minimum absolute atomic E-state index is 0.0178. The first-order chi connectivity index (χ1) is 14.7. The minimum Gasteiger partial charge on any atom is -0.379 e. The van der Waals surface area contributed by atoms with Gasteiger partial charge in [0.05, 0.1) is 19.8 Å². The van der Waals surface area contributed by atoms with Gasteiger partial charge in [-0.2, -0.15) is 0 Å². The standard InChI is InChI=1S/C23H31N5O2/c24-23(25-11-9-19-5-2-1-3-6-19)26-18-20-7-4-8-21(17-20)27-22(29)10-12-28-13-15-30-16-14-28/h1-8,17H,9-16,18H2,(H,27,29)(H3,24,25,26). The van der Waals surface area contributed by atoms with Crippen molar-refractivity contribution in [1.82, 2.24) is 10.2 Å². The van der Waals surface area contributed by atoms with Crippen LogP contribution in [0, 0.1) is 0 Å². The van der Waals surface area contributed by atoms with Crippen molar-refractivity contribution in [3.8, 4) is 0 Å². The van der Waals surface area contributed by atoms with E-state index in [4.69, 9.17) is 10.5 Å². The van der Waals surface area contributed by atoms with Gasteiger partial charge in [0.15, 0.2) is 5.96 Å². The molecule has 0 saturated carbocycles. The van der Waals surface area contributed by atoms with Gasteiger partial charge in [-0.1, -0.05) is 42.5 Å². The number of nitrogens with two attached hydrogens (primary N) is 1. The fourth-order valence-corrected chi connectivity index (χ4v) is 3.27. The van der Waals surface area contributed by atoms with Crippen molar-refractivity contribution >= 4 is 17.6 Å². The second-order valence-electron chi connectivity index (χ2n) is 7.32. The largest absolute Gasteiger partial charge is 0.379 e. The molecule has 0 unspecified atom stereocenters. The first kappa shape index (κ1) is 21.8. The number of guanidine groups is 1. The quantitative estimate of drug-likeness (QED) is 0.435. The van der Waals surface area contributed by atoms with E-state index in [1.54, 1.807) is 0 Å². The molecule has 2 aromatic carbocycles. The number of carbonyl (C=O) groups is 1. The van der Waals surface area contributed by atoms with Gasteiger partial charge in [0, 0.05) is 38.3 Å². The van der Waals surface area contributed by atoms with Crippen molar-refractivity contribution in [3.63, 3.8) is 0 Å². The van der Waals surface area contributed by atoms with Crippen LogP contribution in [0.15, 0.2) is 59.6 Å². The molecule has 0 atom stereocenters. The molecule has 1 amide bonds. The fraction of sp³-hybridized carbons (Fsp3) is 0.391. The van der Waals surface area contributed by atoms with E-state index in [0.717, 1.165) is 57.1 Å². The molecule has 0 aliphatic carbocycles. The van der Waals surface area contributed by atoms with Crippen molar-refractivity contribution in [2.45, 2.75) is 19.4 Å². The number of anilines is 1. The summed E-state index contributed by atoms with van der Waals surface area (Å²) in [6.07, 6.45) is 1.36. The van der Waals surface area contributed by atoms with Crippen molar-refractivity contribution in [1.29, 1.82) is 0 Å². The van der Waals surface area contributed by atoms with Crippen LogP contribution in [0.25, 0.3) is 0 Å². The Kier molecular flexibility index (Phi) is 8.68. The van der Waals surface area contributed by atoms with Gasteiger partial charge in [-0.15, -0.1) is 0 Å². The molecule has 1 saturated heterocycles. The zero-order valence-corrected chi connectivity index (χ0v) is 17.3. The van der Waals surface area contributed by atoms with E-state index in [-0.39, 0.29) is 5.91 Å². The van der Waals surface area contributed by atoms with Gasteiger partial charge in [-0.05, 0) is 29.7 Å². The second-order valence-corrected chi connectivity index (χ2v) is 7.32. The van der Waals surface area contributed by atoms with Crippen LogP contribution < -0.4 is 16.4 Å². The molecule has 2 aromatic rings. The highest BCUT2D eigenvalue weighted by molar-refractivity contribution is 5.90. The average Bonchev–Trinajstić information content (AvgIpc) is 2.78. The smallest absolute Gasteiger partial charge is 0.225 e. The van der Waals surface area contributed by atoms with Gasteiger partial charge in [-0.3, -0.25) is 9.69 Å². The van der Waals surface area contributed by atoms with Crippen molar-refractivity contribution in [2.24, 2.45) is 10.7 Å². The summed E-state index contributed by atoms with van der Waals surface area (Å²) in [6.45, 7) is 5.22. The molecule has 0 bridgehead atoms. The van der Waals surface area contributed by atoms with Gasteiger partial charge in [0.25, 0.3) is 0 Å². The number of hydrogen-bond donors (Lipinski definition) is 3. The number of nitrogens with one attached hydrogen (secondary N) is 2. The Balaban J connectivity index is 1.40. The Morgan fingerprint density at radius 1 is 1.07 bits per heavy atom. The van der Waals surface area contributed by atoms with Crippen molar-refractivity contribution in [2.75, 3.05) is 44.7 Å². The lowest BCUT2D eigenvalue weighted by Gasteiger charge is -2.26. The number of carbonyl (C=O) groups excluding carboxylic acids is 1. The van der Waals surface area contributed by atoms with Crippen LogP contribution >= 0.6 is 0 Å². The Hall–Kier alpha value is -2.90. The third-order valence-electron chi connectivity index (χ3n) is 4.96. The SMILES string of the molecule is NC(=NCc1cccc(NC(=O)CCN2CCOCC2)c1)NCCc1ccccc1. The average molecular weight is 410 g/mol. The summed E-state index contributed by atoms with van der Waals surface area (Å²) in [4.78, 5) is 18.9. The van der Waals surface area contributed by atoms with Gasteiger partial charge in [0.2, 0.25) is 5.91 Å². The third-order valence-corrected chi connectivity index (χ3v) is 4.96. The van der Waals surface area contributed by atoms with E-state index in [9.17, 15) is 4.79 Å². The molecule has 1 aliphatic rings.